The molecule has 0 aliphatic rings. The molecule has 0 radical (unpaired) electrons. The van der Waals surface area contributed by atoms with E-state index in [9.17, 15) is 18.8 Å². The number of aromatic carboxylic acids is 1. The average molecular weight is 359 g/mol. The van der Waals surface area contributed by atoms with Crippen LogP contribution in [-0.4, -0.2) is 34.6 Å². The highest BCUT2D eigenvalue weighted by atomic mass is 19.1. The summed E-state index contributed by atoms with van der Waals surface area (Å²) >= 11 is 0. The number of hydrogen-bond donors (Lipinski definition) is 3. The first kappa shape index (κ1) is 18.7. The van der Waals surface area contributed by atoms with E-state index in [1.807, 2.05) is 0 Å². The number of carboxylic acid groups (broad SMARTS) is 2. The van der Waals surface area contributed by atoms with Crippen LogP contribution in [0.2, 0.25) is 0 Å². The molecule has 3 N–H and O–H groups in total. The van der Waals surface area contributed by atoms with Crippen LogP contribution >= 0.6 is 0 Å². The minimum Gasteiger partial charge on any atom is -0.481 e. The van der Waals surface area contributed by atoms with Crippen molar-refractivity contribution in [2.24, 2.45) is 10.2 Å². The second kappa shape index (κ2) is 8.47. The molecule has 134 valence electrons. The van der Waals surface area contributed by atoms with E-state index < -0.39 is 29.2 Å². The first-order valence-corrected chi connectivity index (χ1v) is 7.41. The lowest BCUT2D eigenvalue weighted by molar-refractivity contribution is -0.136. The predicted molar refractivity (Wildman–Crippen MR) is 88.6 cm³/mol. The largest absolute Gasteiger partial charge is 0.481 e. The van der Waals surface area contributed by atoms with Crippen LogP contribution in [0.25, 0.3) is 0 Å². The van der Waals surface area contributed by atoms with Crippen LogP contribution in [-0.2, 0) is 4.79 Å². The molecule has 2 aromatic rings. The van der Waals surface area contributed by atoms with Gasteiger partial charge in [-0.3, -0.25) is 9.59 Å². The van der Waals surface area contributed by atoms with Crippen LogP contribution < -0.4 is 5.32 Å². The zero-order chi connectivity index (χ0) is 19.1. The van der Waals surface area contributed by atoms with Crippen molar-refractivity contribution in [3.8, 4) is 0 Å². The predicted octanol–water partition coefficient (Wildman–Crippen LogP) is 3.14. The monoisotopic (exact) mass is 359 g/mol. The Kier molecular flexibility index (Phi) is 6.10. The van der Waals surface area contributed by atoms with Gasteiger partial charge >= 0.3 is 11.9 Å². The number of hydrogen-bond acceptors (Lipinski definition) is 5. The number of amides is 1. The number of halogens is 1. The summed E-state index contributed by atoms with van der Waals surface area (Å²) in [6, 6.07) is 9.33. The SMILES string of the molecule is O=C(O)CCNC(=O)c1ccc(N=Nc2ccc(F)c(C(=O)O)c2)cc1. The van der Waals surface area contributed by atoms with Gasteiger partial charge in [0, 0.05) is 12.1 Å². The minimum absolute atomic E-state index is 0.0199. The molecular weight excluding hydrogens is 345 g/mol. The molecule has 0 aliphatic carbocycles. The lowest BCUT2D eigenvalue weighted by Crippen LogP contribution is -2.25. The molecule has 8 nitrogen and oxygen atoms in total. The Balaban J connectivity index is 2.04. The van der Waals surface area contributed by atoms with E-state index in [0.29, 0.717) is 11.3 Å². The maximum absolute atomic E-state index is 13.3. The second-order valence-electron chi connectivity index (χ2n) is 5.12. The fourth-order valence-corrected chi connectivity index (χ4v) is 1.92. The molecule has 9 heteroatoms. The summed E-state index contributed by atoms with van der Waals surface area (Å²) in [5, 5.41) is 27.6. The summed E-state index contributed by atoms with van der Waals surface area (Å²) in [5.41, 5.74) is 0.381. The maximum Gasteiger partial charge on any atom is 0.338 e. The van der Waals surface area contributed by atoms with Gasteiger partial charge in [-0.05, 0) is 42.5 Å². The molecule has 0 unspecified atom stereocenters. The summed E-state index contributed by atoms with van der Waals surface area (Å²) < 4.78 is 13.3. The number of rotatable bonds is 7. The van der Waals surface area contributed by atoms with E-state index >= 15 is 0 Å². The third-order valence-corrected chi connectivity index (χ3v) is 3.22. The van der Waals surface area contributed by atoms with Crippen molar-refractivity contribution < 1.29 is 29.0 Å². The first-order valence-electron chi connectivity index (χ1n) is 7.41. The molecule has 0 aliphatic heterocycles. The van der Waals surface area contributed by atoms with Gasteiger partial charge < -0.3 is 15.5 Å². The van der Waals surface area contributed by atoms with Crippen molar-refractivity contribution in [2.45, 2.75) is 6.42 Å². The zero-order valence-corrected chi connectivity index (χ0v) is 13.3. The van der Waals surface area contributed by atoms with Gasteiger partial charge in [-0.1, -0.05) is 0 Å². The van der Waals surface area contributed by atoms with Gasteiger partial charge in [-0.15, -0.1) is 0 Å². The number of carbonyl (C=O) groups excluding carboxylic acids is 1. The van der Waals surface area contributed by atoms with Gasteiger partial charge in [0.15, 0.2) is 0 Å². The molecule has 2 rings (SSSR count). The van der Waals surface area contributed by atoms with E-state index in [1.54, 1.807) is 0 Å². The Morgan fingerprint density at radius 2 is 1.58 bits per heavy atom. The third kappa shape index (κ3) is 5.20. The number of aliphatic carboxylic acids is 1. The summed E-state index contributed by atoms with van der Waals surface area (Å²) in [6.07, 6.45) is -0.173. The van der Waals surface area contributed by atoms with E-state index in [0.717, 1.165) is 12.1 Å². The molecule has 26 heavy (non-hydrogen) atoms. The van der Waals surface area contributed by atoms with Crippen molar-refractivity contribution in [1.29, 1.82) is 0 Å². The maximum atomic E-state index is 13.3. The lowest BCUT2D eigenvalue weighted by Gasteiger charge is -2.03. The van der Waals surface area contributed by atoms with Crippen LogP contribution in [0.4, 0.5) is 15.8 Å². The van der Waals surface area contributed by atoms with E-state index in [-0.39, 0.29) is 18.7 Å². The quantitative estimate of drug-likeness (QED) is 0.654. The molecule has 2 aromatic carbocycles. The summed E-state index contributed by atoms with van der Waals surface area (Å²) in [4.78, 5) is 33.1. The Labute approximate surface area is 147 Å². The molecule has 0 fully saturated rings. The van der Waals surface area contributed by atoms with Crippen molar-refractivity contribution in [3.63, 3.8) is 0 Å². The van der Waals surface area contributed by atoms with Gasteiger partial charge in [0.1, 0.15) is 5.82 Å². The number of azo groups is 1. The molecule has 1 amide bonds. The number of nitrogens with one attached hydrogen (secondary N) is 1. The van der Waals surface area contributed by atoms with Gasteiger partial charge in [0.25, 0.3) is 5.91 Å². The van der Waals surface area contributed by atoms with Crippen LogP contribution in [0.5, 0.6) is 0 Å². The smallest absolute Gasteiger partial charge is 0.338 e. The molecular formula is C17H14FN3O5. The van der Waals surface area contributed by atoms with Crippen molar-refractivity contribution in [1.82, 2.24) is 5.32 Å². The van der Waals surface area contributed by atoms with E-state index in [2.05, 4.69) is 15.5 Å². The van der Waals surface area contributed by atoms with Crippen LogP contribution in [0.15, 0.2) is 52.7 Å². The Hall–Kier alpha value is -3.62. The zero-order valence-electron chi connectivity index (χ0n) is 13.3. The third-order valence-electron chi connectivity index (χ3n) is 3.22. The van der Waals surface area contributed by atoms with Crippen molar-refractivity contribution in [3.05, 3.63) is 59.4 Å². The molecule has 0 bridgehead atoms. The standard InChI is InChI=1S/C17H14FN3O5/c18-14-6-5-12(9-13(14)17(25)26)21-20-11-3-1-10(2-4-11)16(24)19-8-7-15(22)23/h1-6,9H,7-8H2,(H,19,24)(H,22,23)(H,25,26). The van der Waals surface area contributed by atoms with Crippen molar-refractivity contribution in [2.75, 3.05) is 6.54 Å². The van der Waals surface area contributed by atoms with Crippen LogP contribution in [0, 0.1) is 5.82 Å². The lowest BCUT2D eigenvalue weighted by atomic mass is 10.2. The van der Waals surface area contributed by atoms with Crippen LogP contribution in [0.3, 0.4) is 0 Å². The number of carboxylic acids is 2. The number of nitrogens with zero attached hydrogens (tertiary/aromatic N) is 2. The minimum atomic E-state index is -1.40. The Morgan fingerprint density at radius 3 is 2.19 bits per heavy atom. The molecule has 0 saturated heterocycles. The van der Waals surface area contributed by atoms with E-state index in [4.69, 9.17) is 10.2 Å². The highest BCUT2D eigenvalue weighted by Crippen LogP contribution is 2.21. The second-order valence-corrected chi connectivity index (χ2v) is 5.12. The van der Waals surface area contributed by atoms with Crippen molar-refractivity contribution >= 4 is 29.2 Å². The highest BCUT2D eigenvalue weighted by molar-refractivity contribution is 5.94. The Bertz CT molecular complexity index is 865. The van der Waals surface area contributed by atoms with Gasteiger partial charge in [-0.2, -0.15) is 10.2 Å². The molecule has 0 aromatic heterocycles. The normalized spacial score (nSPS) is 10.7. The highest BCUT2D eigenvalue weighted by Gasteiger charge is 2.10. The van der Waals surface area contributed by atoms with Gasteiger partial charge in [0.2, 0.25) is 0 Å². The molecule has 0 atom stereocenters. The van der Waals surface area contributed by atoms with Gasteiger partial charge in [-0.25, -0.2) is 9.18 Å². The molecule has 0 saturated carbocycles. The summed E-state index contributed by atoms with van der Waals surface area (Å²) in [5.74, 6) is -3.69. The fourth-order valence-electron chi connectivity index (χ4n) is 1.92. The average Bonchev–Trinajstić information content (AvgIpc) is 2.60. The number of carbonyl (C=O) groups is 3. The summed E-state index contributed by atoms with van der Waals surface area (Å²) in [6.45, 7) is 0.0199. The molecule has 0 heterocycles. The van der Waals surface area contributed by atoms with Crippen LogP contribution in [0.1, 0.15) is 27.1 Å². The number of benzene rings is 2. The van der Waals surface area contributed by atoms with E-state index in [1.165, 1.54) is 30.3 Å². The summed E-state index contributed by atoms with van der Waals surface area (Å²) in [7, 11) is 0. The fraction of sp³-hybridized carbons (Fsp3) is 0.118. The molecule has 0 spiro atoms. The Morgan fingerprint density at radius 1 is 0.962 bits per heavy atom. The topological polar surface area (TPSA) is 128 Å². The van der Waals surface area contributed by atoms with Gasteiger partial charge in [0.05, 0.1) is 23.4 Å². The first-order chi connectivity index (χ1) is 12.4.